The predicted molar refractivity (Wildman–Crippen MR) is 114 cm³/mol. The molecule has 4 aromatic rings. The van der Waals surface area contributed by atoms with Gasteiger partial charge in [0, 0.05) is 43.8 Å². The van der Waals surface area contributed by atoms with Crippen molar-refractivity contribution in [2.45, 2.75) is 0 Å². The molecule has 5 rings (SSSR count). The number of carbonyl (C=O) groups is 2. The number of fused-ring (bicyclic) bond motifs is 3. The van der Waals surface area contributed by atoms with Crippen molar-refractivity contribution in [3.8, 4) is 11.3 Å². The Morgan fingerprint density at radius 3 is 2.93 bits per heavy atom. The predicted octanol–water partition coefficient (Wildman–Crippen LogP) is 1.73. The number of rotatable bonds is 3. The number of aromatic amines is 1. The van der Waals surface area contributed by atoms with Crippen LogP contribution in [0.25, 0.3) is 33.3 Å². The lowest BCUT2D eigenvalue weighted by atomic mass is 10.1. The van der Waals surface area contributed by atoms with E-state index in [1.54, 1.807) is 17.3 Å². The molecule has 1 aliphatic rings. The summed E-state index contributed by atoms with van der Waals surface area (Å²) in [6.07, 6.45) is 1.77. The van der Waals surface area contributed by atoms with Crippen molar-refractivity contribution in [2.24, 2.45) is 7.05 Å². The van der Waals surface area contributed by atoms with Crippen molar-refractivity contribution in [2.75, 3.05) is 32.0 Å². The van der Waals surface area contributed by atoms with Crippen LogP contribution in [-0.4, -0.2) is 62.9 Å². The summed E-state index contributed by atoms with van der Waals surface area (Å²) in [5.41, 5.74) is 4.83. The molecule has 3 aromatic heterocycles. The van der Waals surface area contributed by atoms with E-state index >= 15 is 0 Å². The topological polar surface area (TPSA) is 108 Å². The van der Waals surface area contributed by atoms with E-state index in [4.69, 9.17) is 0 Å². The number of amides is 2. The standard InChI is InChI=1S/C21H21N7O2/c1-22-20-17-18(27(2)11-24-17)14-9-15(25-19(14)26-20)12-4-3-5-13(8-12)21(30)28-7-6-23-16(29)10-28/h3-5,8-9,11H,6-7,10H2,1-2H3,(H,23,29)(H2,22,25,26). The Kier molecular flexibility index (Phi) is 4.16. The lowest BCUT2D eigenvalue weighted by Gasteiger charge is -2.26. The van der Waals surface area contributed by atoms with Crippen LogP contribution in [0.1, 0.15) is 10.4 Å². The van der Waals surface area contributed by atoms with Crippen LogP contribution in [-0.2, 0) is 11.8 Å². The first-order valence-electron chi connectivity index (χ1n) is 9.73. The number of aryl methyl sites for hydroxylation is 1. The fraction of sp³-hybridized carbons (Fsp3) is 0.238. The number of aromatic nitrogens is 4. The lowest BCUT2D eigenvalue weighted by Crippen LogP contribution is -2.49. The lowest BCUT2D eigenvalue weighted by molar-refractivity contribution is -0.123. The average molecular weight is 403 g/mol. The molecular weight excluding hydrogens is 382 g/mol. The van der Waals surface area contributed by atoms with Gasteiger partial charge in [-0.3, -0.25) is 9.59 Å². The van der Waals surface area contributed by atoms with Crippen LogP contribution in [0.5, 0.6) is 0 Å². The molecule has 0 unspecified atom stereocenters. The summed E-state index contributed by atoms with van der Waals surface area (Å²) in [6, 6.07) is 9.45. The summed E-state index contributed by atoms with van der Waals surface area (Å²) < 4.78 is 1.97. The van der Waals surface area contributed by atoms with Crippen molar-refractivity contribution in [3.05, 3.63) is 42.2 Å². The molecule has 0 bridgehead atoms. The van der Waals surface area contributed by atoms with Crippen LogP contribution in [0.4, 0.5) is 5.82 Å². The van der Waals surface area contributed by atoms with Crippen molar-refractivity contribution < 1.29 is 9.59 Å². The maximum Gasteiger partial charge on any atom is 0.254 e. The number of anilines is 1. The zero-order valence-electron chi connectivity index (χ0n) is 16.7. The van der Waals surface area contributed by atoms with Gasteiger partial charge >= 0.3 is 0 Å². The second-order valence-corrected chi connectivity index (χ2v) is 7.37. The van der Waals surface area contributed by atoms with E-state index in [1.165, 1.54) is 0 Å². The van der Waals surface area contributed by atoms with E-state index in [1.807, 2.05) is 42.9 Å². The average Bonchev–Trinajstić information content (AvgIpc) is 3.36. The van der Waals surface area contributed by atoms with E-state index in [2.05, 4.69) is 25.6 Å². The van der Waals surface area contributed by atoms with Gasteiger partial charge in [-0.1, -0.05) is 12.1 Å². The highest BCUT2D eigenvalue weighted by molar-refractivity contribution is 6.07. The highest BCUT2D eigenvalue weighted by Gasteiger charge is 2.23. The summed E-state index contributed by atoms with van der Waals surface area (Å²) in [5, 5.41) is 6.80. The molecule has 1 saturated heterocycles. The number of H-pyrrole nitrogens is 1. The van der Waals surface area contributed by atoms with Crippen LogP contribution in [0, 0.1) is 0 Å². The number of hydrogen-bond acceptors (Lipinski definition) is 5. The van der Waals surface area contributed by atoms with Crippen molar-refractivity contribution in [3.63, 3.8) is 0 Å². The maximum absolute atomic E-state index is 12.9. The molecule has 1 aromatic carbocycles. The molecule has 0 aliphatic carbocycles. The summed E-state index contributed by atoms with van der Waals surface area (Å²) in [6.45, 7) is 1.08. The van der Waals surface area contributed by atoms with Gasteiger partial charge in [-0.25, -0.2) is 9.97 Å². The van der Waals surface area contributed by atoms with Crippen LogP contribution in [0.3, 0.4) is 0 Å². The third-order valence-corrected chi connectivity index (χ3v) is 5.42. The zero-order valence-corrected chi connectivity index (χ0v) is 16.7. The number of benzene rings is 1. The molecule has 0 spiro atoms. The number of piperazine rings is 1. The van der Waals surface area contributed by atoms with Gasteiger partial charge in [0.05, 0.1) is 18.4 Å². The Morgan fingerprint density at radius 1 is 1.27 bits per heavy atom. The van der Waals surface area contributed by atoms with Crippen LogP contribution < -0.4 is 10.6 Å². The Balaban J connectivity index is 1.57. The third kappa shape index (κ3) is 2.86. The van der Waals surface area contributed by atoms with Gasteiger partial charge in [-0.15, -0.1) is 0 Å². The van der Waals surface area contributed by atoms with E-state index in [9.17, 15) is 9.59 Å². The summed E-state index contributed by atoms with van der Waals surface area (Å²) >= 11 is 0. The Labute approximate surface area is 172 Å². The maximum atomic E-state index is 12.9. The Hall–Kier alpha value is -3.88. The highest BCUT2D eigenvalue weighted by atomic mass is 16.2. The summed E-state index contributed by atoms with van der Waals surface area (Å²) in [4.78, 5) is 38.6. The third-order valence-electron chi connectivity index (χ3n) is 5.42. The Morgan fingerprint density at radius 2 is 2.13 bits per heavy atom. The first-order valence-corrected chi connectivity index (χ1v) is 9.73. The van der Waals surface area contributed by atoms with Crippen LogP contribution in [0.2, 0.25) is 0 Å². The monoisotopic (exact) mass is 403 g/mol. The molecular formula is C21H21N7O2. The molecule has 4 heterocycles. The van der Waals surface area contributed by atoms with E-state index in [0.717, 1.165) is 33.3 Å². The minimum absolute atomic E-state index is 0.0879. The minimum atomic E-state index is -0.146. The van der Waals surface area contributed by atoms with E-state index in [-0.39, 0.29) is 18.4 Å². The smallest absolute Gasteiger partial charge is 0.254 e. The second-order valence-electron chi connectivity index (χ2n) is 7.37. The number of nitrogens with one attached hydrogen (secondary N) is 3. The van der Waals surface area contributed by atoms with Gasteiger partial charge in [0.1, 0.15) is 11.2 Å². The first kappa shape index (κ1) is 18.2. The van der Waals surface area contributed by atoms with E-state index < -0.39 is 0 Å². The van der Waals surface area contributed by atoms with Gasteiger partial charge in [0.2, 0.25) is 5.91 Å². The quantitative estimate of drug-likeness (QED) is 0.483. The fourth-order valence-corrected chi connectivity index (χ4v) is 3.94. The molecule has 0 radical (unpaired) electrons. The number of nitrogens with zero attached hydrogens (tertiary/aromatic N) is 4. The second kappa shape index (κ2) is 6.87. The van der Waals surface area contributed by atoms with Crippen molar-refractivity contribution >= 4 is 39.7 Å². The molecule has 1 aliphatic heterocycles. The highest BCUT2D eigenvalue weighted by Crippen LogP contribution is 2.31. The molecule has 3 N–H and O–H groups in total. The zero-order chi connectivity index (χ0) is 20.8. The van der Waals surface area contributed by atoms with Crippen molar-refractivity contribution in [1.82, 2.24) is 29.7 Å². The SMILES string of the molecule is CNc1nc2[nH]c(-c3cccc(C(=O)N4CCNC(=O)C4)c3)cc2c2c1ncn2C. The normalized spacial score (nSPS) is 14.3. The molecule has 30 heavy (non-hydrogen) atoms. The Bertz CT molecular complexity index is 1300. The fourth-order valence-electron chi connectivity index (χ4n) is 3.94. The van der Waals surface area contributed by atoms with Crippen LogP contribution in [0.15, 0.2) is 36.7 Å². The molecule has 152 valence electrons. The van der Waals surface area contributed by atoms with Gasteiger partial charge in [0.25, 0.3) is 5.91 Å². The molecule has 0 saturated carbocycles. The van der Waals surface area contributed by atoms with Gasteiger partial charge < -0.3 is 25.1 Å². The first-order chi connectivity index (χ1) is 14.5. The largest absolute Gasteiger partial charge is 0.371 e. The number of pyridine rings is 1. The van der Waals surface area contributed by atoms with Gasteiger partial charge in [0.15, 0.2) is 5.82 Å². The van der Waals surface area contributed by atoms with Gasteiger partial charge in [-0.2, -0.15) is 0 Å². The summed E-state index contributed by atoms with van der Waals surface area (Å²) in [7, 11) is 3.77. The number of carbonyl (C=O) groups excluding carboxylic acids is 2. The molecule has 9 nitrogen and oxygen atoms in total. The molecule has 1 fully saturated rings. The van der Waals surface area contributed by atoms with Gasteiger partial charge in [-0.05, 0) is 23.8 Å². The molecule has 2 amide bonds. The molecule has 0 atom stereocenters. The van der Waals surface area contributed by atoms with Crippen LogP contribution >= 0.6 is 0 Å². The summed E-state index contributed by atoms with van der Waals surface area (Å²) in [5.74, 6) is 0.430. The minimum Gasteiger partial charge on any atom is -0.371 e. The molecule has 9 heteroatoms. The van der Waals surface area contributed by atoms with E-state index in [0.29, 0.717) is 24.5 Å². The number of imidazole rings is 1. The van der Waals surface area contributed by atoms with Crippen molar-refractivity contribution in [1.29, 1.82) is 0 Å². The number of hydrogen-bond donors (Lipinski definition) is 3.